The molecule has 1 N–H and O–H groups in total. The van der Waals surface area contributed by atoms with Crippen molar-refractivity contribution in [3.63, 3.8) is 0 Å². The van der Waals surface area contributed by atoms with Gasteiger partial charge in [0.15, 0.2) is 5.78 Å². The zero-order valence-corrected chi connectivity index (χ0v) is 11.2. The molecule has 0 amide bonds. The lowest BCUT2D eigenvalue weighted by Gasteiger charge is -2.28. The summed E-state index contributed by atoms with van der Waals surface area (Å²) in [7, 11) is 0. The number of allylic oxidation sites excluding steroid dienone is 1. The summed E-state index contributed by atoms with van der Waals surface area (Å²) in [6.45, 7) is 4.30. The fourth-order valence-electron chi connectivity index (χ4n) is 2.44. The van der Waals surface area contributed by atoms with Gasteiger partial charge in [-0.15, -0.1) is 0 Å². The topological polar surface area (TPSA) is 29.1 Å². The molecule has 1 aromatic rings. The molecule has 1 heterocycles. The van der Waals surface area contributed by atoms with E-state index in [1.807, 2.05) is 24.3 Å². The lowest BCUT2D eigenvalue weighted by atomic mass is 9.88. The molecule has 1 atom stereocenters. The van der Waals surface area contributed by atoms with E-state index in [2.05, 4.69) is 25.2 Å². The smallest absolute Gasteiger partial charge is 0.192 e. The highest BCUT2D eigenvalue weighted by Gasteiger charge is 2.28. The van der Waals surface area contributed by atoms with E-state index in [1.165, 1.54) is 0 Å². The van der Waals surface area contributed by atoms with Crippen LogP contribution in [0.25, 0.3) is 0 Å². The number of carbonyl (C=O) groups excluding carboxylic acids is 1. The molecule has 1 aliphatic heterocycles. The summed E-state index contributed by atoms with van der Waals surface area (Å²) in [6, 6.07) is 7.99. The second kappa shape index (κ2) is 5.85. The van der Waals surface area contributed by atoms with Crippen molar-refractivity contribution in [3.05, 3.63) is 41.5 Å². The number of hydrogen-bond acceptors (Lipinski definition) is 2. The monoisotopic (exact) mass is 243 g/mol. The third-order valence-corrected chi connectivity index (χ3v) is 3.37. The quantitative estimate of drug-likeness (QED) is 0.803. The van der Waals surface area contributed by atoms with Gasteiger partial charge in [0.05, 0.1) is 6.04 Å². The molecule has 0 saturated carbocycles. The van der Waals surface area contributed by atoms with Crippen molar-refractivity contribution in [1.82, 2.24) is 0 Å². The normalized spacial score (nSPS) is 20.7. The van der Waals surface area contributed by atoms with Gasteiger partial charge in [0.1, 0.15) is 0 Å². The van der Waals surface area contributed by atoms with Gasteiger partial charge in [0, 0.05) is 16.8 Å². The molecule has 1 unspecified atom stereocenters. The molecular weight excluding hydrogens is 222 g/mol. The number of carbonyl (C=O) groups is 1. The van der Waals surface area contributed by atoms with Crippen molar-refractivity contribution in [3.8, 4) is 0 Å². The minimum atomic E-state index is 0.184. The fraction of sp³-hybridized carbons (Fsp3) is 0.438. The van der Waals surface area contributed by atoms with E-state index in [4.69, 9.17) is 0 Å². The number of benzene rings is 1. The van der Waals surface area contributed by atoms with Gasteiger partial charge in [0.25, 0.3) is 0 Å². The van der Waals surface area contributed by atoms with Gasteiger partial charge in [-0.3, -0.25) is 4.79 Å². The molecule has 18 heavy (non-hydrogen) atoms. The van der Waals surface area contributed by atoms with E-state index >= 15 is 0 Å². The Hall–Kier alpha value is -1.57. The van der Waals surface area contributed by atoms with Gasteiger partial charge in [0.2, 0.25) is 0 Å². The fourth-order valence-corrected chi connectivity index (χ4v) is 2.44. The highest BCUT2D eigenvalue weighted by molar-refractivity contribution is 6.14. The van der Waals surface area contributed by atoms with Crippen molar-refractivity contribution >= 4 is 11.5 Å². The predicted octanol–water partition coefficient (Wildman–Crippen LogP) is 4.19. The molecule has 2 heteroatoms. The average molecular weight is 243 g/mol. The van der Waals surface area contributed by atoms with Crippen molar-refractivity contribution in [2.24, 2.45) is 0 Å². The van der Waals surface area contributed by atoms with Gasteiger partial charge in [-0.05, 0) is 25.0 Å². The summed E-state index contributed by atoms with van der Waals surface area (Å²) < 4.78 is 0. The molecule has 0 fully saturated rings. The number of para-hydroxylation sites is 1. The zero-order chi connectivity index (χ0) is 13.0. The van der Waals surface area contributed by atoms with E-state index < -0.39 is 0 Å². The standard InChI is InChI=1S/C16H21NO/c1-3-5-9-12-14(8-4-2)17-15-11-7-6-10-13(15)16(12)18/h6-7,9-11,14,17H,3-5,8H2,1-2H3/b12-9+. The van der Waals surface area contributed by atoms with Crippen LogP contribution in [0, 0.1) is 0 Å². The molecule has 96 valence electrons. The lowest BCUT2D eigenvalue weighted by molar-refractivity contribution is 0.102. The van der Waals surface area contributed by atoms with Crippen LogP contribution >= 0.6 is 0 Å². The summed E-state index contributed by atoms with van der Waals surface area (Å²) in [5, 5.41) is 3.50. The summed E-state index contributed by atoms with van der Waals surface area (Å²) in [4.78, 5) is 12.5. The van der Waals surface area contributed by atoms with Crippen LogP contribution in [0.1, 0.15) is 49.9 Å². The number of nitrogens with one attached hydrogen (secondary N) is 1. The molecule has 1 aromatic carbocycles. The maximum Gasteiger partial charge on any atom is 0.192 e. The molecule has 0 bridgehead atoms. The van der Waals surface area contributed by atoms with Crippen LogP contribution < -0.4 is 5.32 Å². The van der Waals surface area contributed by atoms with Gasteiger partial charge < -0.3 is 5.32 Å². The molecular formula is C16H21NO. The zero-order valence-electron chi connectivity index (χ0n) is 11.2. The van der Waals surface area contributed by atoms with Crippen LogP contribution in [0.5, 0.6) is 0 Å². The Morgan fingerprint density at radius 1 is 1.22 bits per heavy atom. The van der Waals surface area contributed by atoms with Crippen LogP contribution in [0.4, 0.5) is 5.69 Å². The Bertz CT molecular complexity index is 462. The molecule has 0 radical (unpaired) electrons. The molecule has 0 aromatic heterocycles. The van der Waals surface area contributed by atoms with Crippen LogP contribution in [0.2, 0.25) is 0 Å². The Kier molecular flexibility index (Phi) is 4.19. The average Bonchev–Trinajstić information content (AvgIpc) is 2.39. The van der Waals surface area contributed by atoms with Crippen molar-refractivity contribution < 1.29 is 4.79 Å². The number of hydrogen-bond donors (Lipinski definition) is 1. The minimum absolute atomic E-state index is 0.184. The Morgan fingerprint density at radius 2 is 2.00 bits per heavy atom. The molecule has 0 spiro atoms. The highest BCUT2D eigenvalue weighted by atomic mass is 16.1. The number of unbranched alkanes of at least 4 members (excludes halogenated alkanes) is 1. The van der Waals surface area contributed by atoms with Crippen LogP contribution in [-0.4, -0.2) is 11.8 Å². The Labute approximate surface area is 109 Å². The summed E-state index contributed by atoms with van der Waals surface area (Å²) in [5.74, 6) is 0.205. The van der Waals surface area contributed by atoms with Gasteiger partial charge in [-0.2, -0.15) is 0 Å². The predicted molar refractivity (Wildman–Crippen MR) is 76.1 cm³/mol. The maximum atomic E-state index is 12.5. The third-order valence-electron chi connectivity index (χ3n) is 3.37. The molecule has 0 aliphatic carbocycles. The molecule has 0 saturated heterocycles. The van der Waals surface area contributed by atoms with Crippen molar-refractivity contribution in [2.45, 2.75) is 45.6 Å². The van der Waals surface area contributed by atoms with E-state index in [0.717, 1.165) is 42.5 Å². The number of Topliss-reactive ketones (excluding diaryl/α,β-unsaturated/α-hetero) is 1. The van der Waals surface area contributed by atoms with E-state index in [1.54, 1.807) is 0 Å². The van der Waals surface area contributed by atoms with Gasteiger partial charge in [-0.1, -0.05) is 44.9 Å². The van der Waals surface area contributed by atoms with Crippen LogP contribution in [-0.2, 0) is 0 Å². The second-order valence-electron chi connectivity index (χ2n) is 4.81. The molecule has 2 rings (SSSR count). The molecule has 2 nitrogen and oxygen atoms in total. The summed E-state index contributed by atoms with van der Waals surface area (Å²) in [6.07, 6.45) is 6.26. The first kappa shape index (κ1) is 12.9. The SMILES string of the molecule is CCC/C=C1/C(=O)c2ccccc2NC1CCC. The first-order valence-corrected chi connectivity index (χ1v) is 6.88. The van der Waals surface area contributed by atoms with Crippen molar-refractivity contribution in [1.29, 1.82) is 0 Å². The van der Waals surface area contributed by atoms with E-state index in [0.29, 0.717) is 0 Å². The number of rotatable bonds is 4. The minimum Gasteiger partial charge on any atom is -0.378 e. The Balaban J connectivity index is 2.36. The summed E-state index contributed by atoms with van der Waals surface area (Å²) in [5.41, 5.74) is 2.75. The van der Waals surface area contributed by atoms with Crippen molar-refractivity contribution in [2.75, 3.05) is 5.32 Å². The number of ketones is 1. The van der Waals surface area contributed by atoms with Gasteiger partial charge in [-0.25, -0.2) is 0 Å². The largest absolute Gasteiger partial charge is 0.378 e. The first-order chi connectivity index (χ1) is 8.77. The maximum absolute atomic E-state index is 12.5. The number of fused-ring (bicyclic) bond motifs is 1. The lowest BCUT2D eigenvalue weighted by Crippen LogP contribution is -2.32. The second-order valence-corrected chi connectivity index (χ2v) is 4.81. The highest BCUT2D eigenvalue weighted by Crippen LogP contribution is 2.30. The van der Waals surface area contributed by atoms with Crippen LogP contribution in [0.15, 0.2) is 35.9 Å². The summed E-state index contributed by atoms with van der Waals surface area (Å²) >= 11 is 0. The molecule has 1 aliphatic rings. The Morgan fingerprint density at radius 3 is 2.72 bits per heavy atom. The van der Waals surface area contributed by atoms with Gasteiger partial charge >= 0.3 is 0 Å². The number of anilines is 1. The first-order valence-electron chi connectivity index (χ1n) is 6.88. The van der Waals surface area contributed by atoms with Crippen LogP contribution in [0.3, 0.4) is 0 Å². The van der Waals surface area contributed by atoms with E-state index in [-0.39, 0.29) is 11.8 Å². The third kappa shape index (κ3) is 2.47. The van der Waals surface area contributed by atoms with E-state index in [9.17, 15) is 4.79 Å².